The van der Waals surface area contributed by atoms with Crippen molar-refractivity contribution in [3.8, 4) is 0 Å². The first-order chi connectivity index (χ1) is 13.7. The van der Waals surface area contributed by atoms with Crippen molar-refractivity contribution in [2.24, 2.45) is 11.8 Å². The second-order valence-electron chi connectivity index (χ2n) is 8.28. The van der Waals surface area contributed by atoms with E-state index in [2.05, 4.69) is 98.9 Å². The van der Waals surface area contributed by atoms with Crippen molar-refractivity contribution in [1.82, 2.24) is 0 Å². The van der Waals surface area contributed by atoms with Crippen molar-refractivity contribution in [2.45, 2.75) is 13.8 Å². The van der Waals surface area contributed by atoms with Gasteiger partial charge in [-0.25, -0.2) is 0 Å². The molecule has 0 saturated carbocycles. The third-order valence-corrected chi connectivity index (χ3v) is 6.62. The molecule has 2 atom stereocenters. The Hall–Kier alpha value is -3.12. The van der Waals surface area contributed by atoms with Gasteiger partial charge in [-0.2, -0.15) is 0 Å². The van der Waals surface area contributed by atoms with Crippen LogP contribution >= 0.6 is 0 Å². The third-order valence-electron chi connectivity index (χ3n) is 6.62. The second-order valence-corrected chi connectivity index (χ2v) is 8.28. The highest BCUT2D eigenvalue weighted by Crippen LogP contribution is 2.51. The number of allylic oxidation sites excluding steroid dienone is 24. The summed E-state index contributed by atoms with van der Waals surface area (Å²) in [6.07, 6.45) is 31.9. The third kappa shape index (κ3) is 2.06. The fourth-order valence-corrected chi connectivity index (χ4v) is 5.55. The standard InChI is InChI=1S/C28H22/c1-17-15-21-11-3-7-19-9-5-13-23(27(19)21)25(17)26-18(2)16-22-12-4-8-20-10-6-14-24(26)28(20)22/h3-16,27-28H,1-2H3. The van der Waals surface area contributed by atoms with Crippen molar-refractivity contribution in [3.63, 3.8) is 0 Å². The number of rotatable bonds is 1. The van der Waals surface area contributed by atoms with E-state index in [0.717, 1.165) is 0 Å². The molecule has 0 nitrogen and oxygen atoms in total. The van der Waals surface area contributed by atoms with Crippen LogP contribution < -0.4 is 0 Å². The molecule has 6 aliphatic carbocycles. The maximum atomic E-state index is 2.40. The molecule has 0 amide bonds. The predicted molar refractivity (Wildman–Crippen MR) is 117 cm³/mol. The molecule has 0 spiro atoms. The van der Waals surface area contributed by atoms with Crippen LogP contribution in [0.1, 0.15) is 13.8 Å². The maximum absolute atomic E-state index is 2.40. The van der Waals surface area contributed by atoms with E-state index in [4.69, 9.17) is 0 Å². The van der Waals surface area contributed by atoms with Crippen LogP contribution in [0, 0.1) is 11.8 Å². The van der Waals surface area contributed by atoms with E-state index < -0.39 is 0 Å². The average molecular weight is 358 g/mol. The molecule has 0 fully saturated rings. The zero-order valence-electron chi connectivity index (χ0n) is 16.2. The minimum atomic E-state index is 0.375. The number of hydrogen-bond acceptors (Lipinski definition) is 0. The summed E-state index contributed by atoms with van der Waals surface area (Å²) in [6.45, 7) is 4.56. The lowest BCUT2D eigenvalue weighted by Gasteiger charge is -2.38. The van der Waals surface area contributed by atoms with Crippen LogP contribution in [0.25, 0.3) is 0 Å². The second kappa shape index (κ2) is 5.69. The van der Waals surface area contributed by atoms with E-state index in [1.54, 1.807) is 0 Å². The Balaban J connectivity index is 1.63. The topological polar surface area (TPSA) is 0 Å². The van der Waals surface area contributed by atoms with Crippen LogP contribution in [0.3, 0.4) is 0 Å². The van der Waals surface area contributed by atoms with Gasteiger partial charge in [0.05, 0.1) is 0 Å². The summed E-state index contributed by atoms with van der Waals surface area (Å²) < 4.78 is 0. The molecule has 0 heteroatoms. The van der Waals surface area contributed by atoms with Crippen LogP contribution in [0.2, 0.25) is 0 Å². The molecule has 0 aromatic rings. The highest BCUT2D eigenvalue weighted by Gasteiger charge is 2.36. The summed E-state index contributed by atoms with van der Waals surface area (Å²) in [5.74, 6) is 0.751. The molecule has 0 N–H and O–H groups in total. The Morgan fingerprint density at radius 1 is 0.500 bits per heavy atom. The molecular weight excluding hydrogens is 336 g/mol. The monoisotopic (exact) mass is 358 g/mol. The van der Waals surface area contributed by atoms with Crippen LogP contribution in [-0.4, -0.2) is 0 Å². The molecule has 2 unspecified atom stereocenters. The first-order valence-electron chi connectivity index (χ1n) is 10.1. The Morgan fingerprint density at radius 3 is 1.36 bits per heavy atom. The van der Waals surface area contributed by atoms with Gasteiger partial charge in [0, 0.05) is 11.8 Å². The van der Waals surface area contributed by atoms with E-state index in [0.29, 0.717) is 11.8 Å². The van der Waals surface area contributed by atoms with E-state index in [1.807, 2.05) is 0 Å². The summed E-state index contributed by atoms with van der Waals surface area (Å²) in [6, 6.07) is 0. The van der Waals surface area contributed by atoms with Gasteiger partial charge in [0.25, 0.3) is 0 Å². The molecular formula is C28H22. The SMILES string of the molecule is CC1=CC2=CC=CC3=CC=CC(=C1C1=C4C=CC=C5C=CC=C(C=C1C)C54)C32. The highest BCUT2D eigenvalue weighted by atomic mass is 14.4. The van der Waals surface area contributed by atoms with Crippen molar-refractivity contribution in [2.75, 3.05) is 0 Å². The van der Waals surface area contributed by atoms with Crippen LogP contribution in [-0.2, 0) is 0 Å². The van der Waals surface area contributed by atoms with Crippen molar-refractivity contribution in [3.05, 3.63) is 141 Å². The number of hydrogen-bond donors (Lipinski definition) is 0. The minimum absolute atomic E-state index is 0.375. The van der Waals surface area contributed by atoms with Crippen molar-refractivity contribution in [1.29, 1.82) is 0 Å². The quantitative estimate of drug-likeness (QED) is 0.488. The maximum Gasteiger partial charge on any atom is 0.0346 e. The van der Waals surface area contributed by atoms with Crippen LogP contribution in [0.4, 0.5) is 0 Å². The molecule has 0 heterocycles. The lowest BCUT2D eigenvalue weighted by atomic mass is 9.66. The van der Waals surface area contributed by atoms with E-state index >= 15 is 0 Å². The molecule has 0 aromatic carbocycles. The Morgan fingerprint density at radius 2 is 0.893 bits per heavy atom. The Labute approximate surface area is 166 Å². The minimum Gasteiger partial charge on any atom is -0.0617 e. The van der Waals surface area contributed by atoms with Gasteiger partial charge in [0.2, 0.25) is 0 Å². The summed E-state index contributed by atoms with van der Waals surface area (Å²) in [5.41, 5.74) is 14.1. The van der Waals surface area contributed by atoms with E-state index in [-0.39, 0.29) is 0 Å². The average Bonchev–Trinajstić information content (AvgIpc) is 2.70. The summed E-state index contributed by atoms with van der Waals surface area (Å²) in [4.78, 5) is 0. The predicted octanol–water partition coefficient (Wildman–Crippen LogP) is 6.72. The molecule has 0 aromatic heterocycles. The Kier molecular flexibility index (Phi) is 3.23. The van der Waals surface area contributed by atoms with Gasteiger partial charge in [0.1, 0.15) is 0 Å². The fraction of sp³-hybridized carbons (Fsp3) is 0.143. The van der Waals surface area contributed by atoms with Gasteiger partial charge in [-0.05, 0) is 69.6 Å². The molecule has 0 radical (unpaired) electrons. The van der Waals surface area contributed by atoms with Gasteiger partial charge in [0.15, 0.2) is 0 Å². The zero-order chi connectivity index (χ0) is 18.8. The molecule has 28 heavy (non-hydrogen) atoms. The van der Waals surface area contributed by atoms with Gasteiger partial charge < -0.3 is 0 Å². The molecule has 0 bridgehead atoms. The van der Waals surface area contributed by atoms with Gasteiger partial charge in [-0.15, -0.1) is 0 Å². The highest BCUT2D eigenvalue weighted by molar-refractivity contribution is 5.74. The largest absolute Gasteiger partial charge is 0.0617 e. The first kappa shape index (κ1) is 15.9. The van der Waals surface area contributed by atoms with Crippen LogP contribution in [0.5, 0.6) is 0 Å². The van der Waals surface area contributed by atoms with Crippen molar-refractivity contribution >= 4 is 0 Å². The fourth-order valence-electron chi connectivity index (χ4n) is 5.55. The first-order valence-corrected chi connectivity index (χ1v) is 10.1. The summed E-state index contributed by atoms with van der Waals surface area (Å²) in [5, 5.41) is 0. The van der Waals surface area contributed by atoms with Gasteiger partial charge >= 0.3 is 0 Å². The Bertz CT molecular complexity index is 1100. The molecule has 6 aliphatic rings. The van der Waals surface area contributed by atoms with Gasteiger partial charge in [-0.3, -0.25) is 0 Å². The molecule has 0 aliphatic heterocycles. The normalized spacial score (nSPS) is 28.8. The van der Waals surface area contributed by atoms with Gasteiger partial charge in [-0.1, -0.05) is 85.1 Å². The lowest BCUT2D eigenvalue weighted by molar-refractivity contribution is 0.832. The van der Waals surface area contributed by atoms with Crippen molar-refractivity contribution < 1.29 is 0 Å². The summed E-state index contributed by atoms with van der Waals surface area (Å²) in [7, 11) is 0. The van der Waals surface area contributed by atoms with Crippen LogP contribution in [0.15, 0.2) is 141 Å². The van der Waals surface area contributed by atoms with E-state index in [9.17, 15) is 0 Å². The lowest BCUT2D eigenvalue weighted by Crippen LogP contribution is -2.23. The molecule has 134 valence electrons. The molecule has 6 rings (SSSR count). The molecule has 0 saturated heterocycles. The zero-order valence-corrected chi connectivity index (χ0v) is 16.2. The summed E-state index contributed by atoms with van der Waals surface area (Å²) >= 11 is 0. The smallest absolute Gasteiger partial charge is 0.0346 e. The van der Waals surface area contributed by atoms with E-state index in [1.165, 1.54) is 55.7 Å².